The van der Waals surface area contributed by atoms with Gasteiger partial charge in [-0.05, 0) is 55.9 Å². The Morgan fingerprint density at radius 3 is 2.57 bits per heavy atom. The van der Waals surface area contributed by atoms with E-state index >= 15 is 0 Å². The molecule has 0 amide bonds. The molecule has 1 N–H and O–H groups in total. The molecule has 0 radical (unpaired) electrons. The highest BCUT2D eigenvalue weighted by molar-refractivity contribution is 5.85. The average molecular weight is 310 g/mol. The first kappa shape index (κ1) is 16.6. The predicted molar refractivity (Wildman–Crippen MR) is 92.4 cm³/mol. The molecule has 2 aliphatic heterocycles. The number of para-hydroxylation sites is 1. The first-order valence-electron chi connectivity index (χ1n) is 7.87. The molecule has 2 saturated heterocycles. The highest BCUT2D eigenvalue weighted by atomic mass is 35.5. The Hall–Kier alpha value is -0.770. The van der Waals surface area contributed by atoms with Gasteiger partial charge in [0, 0.05) is 32.9 Å². The monoisotopic (exact) mass is 309 g/mol. The molecule has 3 rings (SSSR count). The topological polar surface area (TPSA) is 18.5 Å². The molecule has 0 saturated carbocycles. The number of hydrogen-bond donors (Lipinski definition) is 1. The van der Waals surface area contributed by atoms with E-state index in [4.69, 9.17) is 0 Å². The lowest BCUT2D eigenvalue weighted by Crippen LogP contribution is -2.38. The summed E-state index contributed by atoms with van der Waals surface area (Å²) in [5, 5.41) is 3.50. The molecule has 4 heteroatoms. The third kappa shape index (κ3) is 3.71. The number of hydrogen-bond acceptors (Lipinski definition) is 3. The second kappa shape index (κ2) is 6.99. The Morgan fingerprint density at radius 2 is 1.86 bits per heavy atom. The first-order valence-corrected chi connectivity index (χ1v) is 7.87. The largest absolute Gasteiger partial charge is 0.377 e. The quantitative estimate of drug-likeness (QED) is 0.926. The van der Waals surface area contributed by atoms with Gasteiger partial charge in [-0.3, -0.25) is 4.90 Å². The van der Waals surface area contributed by atoms with Gasteiger partial charge >= 0.3 is 0 Å². The number of benzene rings is 1. The molecule has 0 unspecified atom stereocenters. The molecule has 2 heterocycles. The molecule has 1 aromatic carbocycles. The fraction of sp³-hybridized carbons (Fsp3) is 0.647. The minimum Gasteiger partial charge on any atom is -0.377 e. The smallest absolute Gasteiger partial charge is 0.0406 e. The number of nitrogens with zero attached hydrogens (tertiary/aromatic N) is 2. The van der Waals surface area contributed by atoms with Crippen molar-refractivity contribution in [3.8, 4) is 0 Å². The highest BCUT2D eigenvalue weighted by Gasteiger charge is 2.38. The van der Waals surface area contributed by atoms with Crippen LogP contribution in [0.25, 0.3) is 0 Å². The summed E-state index contributed by atoms with van der Waals surface area (Å²) in [5.74, 6) is 0. The normalized spacial score (nSPS) is 21.2. The van der Waals surface area contributed by atoms with E-state index in [0.29, 0.717) is 5.41 Å². The summed E-state index contributed by atoms with van der Waals surface area (Å²) >= 11 is 0. The second-order valence-electron chi connectivity index (χ2n) is 6.73. The van der Waals surface area contributed by atoms with E-state index in [9.17, 15) is 0 Å². The number of halogens is 1. The van der Waals surface area contributed by atoms with E-state index in [-0.39, 0.29) is 12.4 Å². The van der Waals surface area contributed by atoms with Crippen molar-refractivity contribution in [3.05, 3.63) is 29.8 Å². The molecule has 2 fully saturated rings. The Morgan fingerprint density at radius 1 is 1.14 bits per heavy atom. The Bertz CT molecular complexity index is 455. The van der Waals surface area contributed by atoms with Crippen LogP contribution >= 0.6 is 12.4 Å². The predicted octanol–water partition coefficient (Wildman–Crippen LogP) is 2.75. The van der Waals surface area contributed by atoms with Crippen LogP contribution in [0.3, 0.4) is 0 Å². The van der Waals surface area contributed by atoms with E-state index < -0.39 is 0 Å². The molecule has 3 nitrogen and oxygen atoms in total. The van der Waals surface area contributed by atoms with E-state index in [1.807, 2.05) is 0 Å². The van der Waals surface area contributed by atoms with Crippen molar-refractivity contribution in [1.82, 2.24) is 10.2 Å². The Kier molecular flexibility index (Phi) is 5.53. The van der Waals surface area contributed by atoms with Crippen LogP contribution in [0, 0.1) is 5.41 Å². The summed E-state index contributed by atoms with van der Waals surface area (Å²) in [7, 11) is 4.27. The molecular weight excluding hydrogens is 282 g/mol. The fourth-order valence-electron chi connectivity index (χ4n) is 3.85. The molecule has 1 spiro atoms. The SMILES string of the molecule is CN(C)c1ccccc1CN1CCC2(CCNCC2)C1.Cl. The lowest BCUT2D eigenvalue weighted by molar-refractivity contribution is 0.194. The maximum absolute atomic E-state index is 3.50. The van der Waals surface area contributed by atoms with Gasteiger partial charge in [0.25, 0.3) is 0 Å². The molecule has 21 heavy (non-hydrogen) atoms. The van der Waals surface area contributed by atoms with Gasteiger partial charge < -0.3 is 10.2 Å². The van der Waals surface area contributed by atoms with Crippen LogP contribution in [0.4, 0.5) is 5.69 Å². The van der Waals surface area contributed by atoms with E-state index in [2.05, 4.69) is 53.5 Å². The van der Waals surface area contributed by atoms with Crippen molar-refractivity contribution in [1.29, 1.82) is 0 Å². The number of anilines is 1. The van der Waals surface area contributed by atoms with Crippen molar-refractivity contribution in [2.45, 2.75) is 25.8 Å². The molecular formula is C17H28ClN3. The van der Waals surface area contributed by atoms with Gasteiger partial charge in [-0.25, -0.2) is 0 Å². The fourth-order valence-corrected chi connectivity index (χ4v) is 3.85. The van der Waals surface area contributed by atoms with Gasteiger partial charge in [0.2, 0.25) is 0 Å². The summed E-state index contributed by atoms with van der Waals surface area (Å²) in [4.78, 5) is 4.89. The van der Waals surface area contributed by atoms with E-state index in [0.717, 1.165) is 6.54 Å². The van der Waals surface area contributed by atoms with E-state index in [1.54, 1.807) is 0 Å². The average Bonchev–Trinajstić information content (AvgIpc) is 2.82. The second-order valence-corrected chi connectivity index (χ2v) is 6.73. The molecule has 0 aromatic heterocycles. The van der Waals surface area contributed by atoms with Gasteiger partial charge in [-0.2, -0.15) is 0 Å². The van der Waals surface area contributed by atoms with Crippen LogP contribution in [0.15, 0.2) is 24.3 Å². The van der Waals surface area contributed by atoms with Crippen LogP contribution in [0.1, 0.15) is 24.8 Å². The molecule has 0 bridgehead atoms. The van der Waals surface area contributed by atoms with Gasteiger partial charge in [0.05, 0.1) is 0 Å². The zero-order valence-corrected chi connectivity index (χ0v) is 14.1. The summed E-state index contributed by atoms with van der Waals surface area (Å²) in [6.45, 7) is 6.08. The molecule has 1 aromatic rings. The Labute approximate surface area is 135 Å². The van der Waals surface area contributed by atoms with Crippen LogP contribution in [0.2, 0.25) is 0 Å². The standard InChI is InChI=1S/C17H27N3.ClH/c1-19(2)16-6-4-3-5-15(16)13-20-12-9-17(14-20)7-10-18-11-8-17;/h3-6,18H,7-14H2,1-2H3;1H. The summed E-state index contributed by atoms with van der Waals surface area (Å²) in [5.41, 5.74) is 3.43. The number of nitrogens with one attached hydrogen (secondary N) is 1. The third-order valence-corrected chi connectivity index (χ3v) is 5.05. The summed E-state index contributed by atoms with van der Waals surface area (Å²) in [6.07, 6.45) is 4.11. The maximum atomic E-state index is 3.50. The lowest BCUT2D eigenvalue weighted by atomic mass is 9.78. The molecule has 2 aliphatic rings. The number of rotatable bonds is 3. The zero-order valence-electron chi connectivity index (χ0n) is 13.3. The van der Waals surface area contributed by atoms with Gasteiger partial charge in [0.1, 0.15) is 0 Å². The van der Waals surface area contributed by atoms with Crippen LogP contribution in [0.5, 0.6) is 0 Å². The highest BCUT2D eigenvalue weighted by Crippen LogP contribution is 2.39. The number of likely N-dealkylation sites (tertiary alicyclic amines) is 1. The summed E-state index contributed by atoms with van der Waals surface area (Å²) in [6, 6.07) is 8.81. The minimum absolute atomic E-state index is 0. The maximum Gasteiger partial charge on any atom is 0.0406 e. The zero-order chi connectivity index (χ0) is 14.0. The molecule has 0 aliphatic carbocycles. The van der Waals surface area contributed by atoms with Crippen LogP contribution < -0.4 is 10.2 Å². The number of piperidine rings is 1. The lowest BCUT2D eigenvalue weighted by Gasteiger charge is -2.34. The van der Waals surface area contributed by atoms with Crippen LogP contribution in [-0.4, -0.2) is 45.2 Å². The minimum atomic E-state index is 0. The third-order valence-electron chi connectivity index (χ3n) is 5.05. The summed E-state index contributed by atoms with van der Waals surface area (Å²) < 4.78 is 0. The Balaban J connectivity index is 0.00000161. The van der Waals surface area contributed by atoms with Crippen molar-refractivity contribution in [3.63, 3.8) is 0 Å². The molecule has 118 valence electrons. The van der Waals surface area contributed by atoms with Crippen molar-refractivity contribution >= 4 is 18.1 Å². The van der Waals surface area contributed by atoms with Crippen molar-refractivity contribution in [2.24, 2.45) is 5.41 Å². The molecule has 0 atom stereocenters. The van der Waals surface area contributed by atoms with Gasteiger partial charge in [0.15, 0.2) is 0 Å². The van der Waals surface area contributed by atoms with E-state index in [1.165, 1.54) is 56.7 Å². The van der Waals surface area contributed by atoms with Crippen molar-refractivity contribution in [2.75, 3.05) is 45.2 Å². The first-order chi connectivity index (χ1) is 9.69. The van der Waals surface area contributed by atoms with Gasteiger partial charge in [-0.1, -0.05) is 18.2 Å². The van der Waals surface area contributed by atoms with Gasteiger partial charge in [-0.15, -0.1) is 12.4 Å². The van der Waals surface area contributed by atoms with Crippen LogP contribution in [-0.2, 0) is 6.54 Å². The van der Waals surface area contributed by atoms with Crippen molar-refractivity contribution < 1.29 is 0 Å².